The summed E-state index contributed by atoms with van der Waals surface area (Å²) in [5.41, 5.74) is 7.21. The molecular weight excluding hydrogens is 360 g/mol. The SMILES string of the molecule is CC1=CC(C)(C)N(C)c2ccc(C=Nc3ccc(Br)cc3C)cc21. The molecule has 124 valence electrons. The van der Waals surface area contributed by atoms with Gasteiger partial charge in [-0.2, -0.15) is 0 Å². The number of likely N-dealkylation sites (N-methyl/N-ethyl adjacent to an activating group) is 1. The Labute approximate surface area is 153 Å². The van der Waals surface area contributed by atoms with Gasteiger partial charge in [-0.25, -0.2) is 0 Å². The second-order valence-electron chi connectivity index (χ2n) is 7.01. The number of rotatable bonds is 2. The maximum atomic E-state index is 4.66. The molecule has 0 bridgehead atoms. The van der Waals surface area contributed by atoms with Gasteiger partial charge in [0.05, 0.1) is 11.2 Å². The molecule has 0 amide bonds. The van der Waals surface area contributed by atoms with Crippen LogP contribution in [0.15, 0.2) is 51.9 Å². The number of aryl methyl sites for hydroxylation is 1. The number of hydrogen-bond donors (Lipinski definition) is 0. The van der Waals surface area contributed by atoms with E-state index in [1.165, 1.54) is 16.8 Å². The molecular formula is C21H23BrN2. The lowest BCUT2D eigenvalue weighted by molar-refractivity contribution is 0.598. The fourth-order valence-electron chi connectivity index (χ4n) is 3.16. The summed E-state index contributed by atoms with van der Waals surface area (Å²) in [6, 6.07) is 12.7. The molecule has 0 aliphatic carbocycles. The van der Waals surface area contributed by atoms with Crippen molar-refractivity contribution in [1.82, 2.24) is 0 Å². The summed E-state index contributed by atoms with van der Waals surface area (Å²) < 4.78 is 1.08. The number of anilines is 1. The minimum absolute atomic E-state index is 0.0429. The van der Waals surface area contributed by atoms with Gasteiger partial charge in [0.1, 0.15) is 0 Å². The molecule has 0 radical (unpaired) electrons. The van der Waals surface area contributed by atoms with Crippen molar-refractivity contribution in [1.29, 1.82) is 0 Å². The molecule has 24 heavy (non-hydrogen) atoms. The molecule has 0 N–H and O–H groups in total. The van der Waals surface area contributed by atoms with E-state index in [4.69, 9.17) is 0 Å². The molecule has 0 saturated heterocycles. The monoisotopic (exact) mass is 382 g/mol. The van der Waals surface area contributed by atoms with E-state index in [0.29, 0.717) is 0 Å². The number of allylic oxidation sites excluding steroid dienone is 1. The highest BCUT2D eigenvalue weighted by Gasteiger charge is 2.28. The Bertz CT molecular complexity index is 847. The molecule has 0 saturated carbocycles. The van der Waals surface area contributed by atoms with E-state index in [-0.39, 0.29) is 5.54 Å². The molecule has 3 heteroatoms. The molecule has 0 unspecified atom stereocenters. The van der Waals surface area contributed by atoms with Crippen LogP contribution in [0.4, 0.5) is 11.4 Å². The maximum absolute atomic E-state index is 4.66. The Kier molecular flexibility index (Phi) is 4.39. The first-order valence-corrected chi connectivity index (χ1v) is 8.95. The predicted octanol–water partition coefficient (Wildman–Crippen LogP) is 6.14. The maximum Gasteiger partial charge on any atom is 0.0659 e. The molecule has 0 atom stereocenters. The van der Waals surface area contributed by atoms with Crippen molar-refractivity contribution in [2.75, 3.05) is 11.9 Å². The van der Waals surface area contributed by atoms with Crippen LogP contribution in [0.1, 0.15) is 37.5 Å². The summed E-state index contributed by atoms with van der Waals surface area (Å²) >= 11 is 3.49. The highest BCUT2D eigenvalue weighted by molar-refractivity contribution is 9.10. The normalized spacial score (nSPS) is 16.2. The third-order valence-electron chi connectivity index (χ3n) is 4.75. The fraction of sp³-hybridized carbons (Fsp3) is 0.286. The van der Waals surface area contributed by atoms with E-state index in [1.54, 1.807) is 0 Å². The van der Waals surface area contributed by atoms with E-state index >= 15 is 0 Å². The van der Waals surface area contributed by atoms with Crippen molar-refractivity contribution in [2.24, 2.45) is 4.99 Å². The summed E-state index contributed by atoms with van der Waals surface area (Å²) in [4.78, 5) is 6.99. The smallest absolute Gasteiger partial charge is 0.0659 e. The lowest BCUT2D eigenvalue weighted by Crippen LogP contribution is -2.42. The van der Waals surface area contributed by atoms with Crippen LogP contribution in [-0.2, 0) is 0 Å². The van der Waals surface area contributed by atoms with Crippen LogP contribution in [0.2, 0.25) is 0 Å². The Morgan fingerprint density at radius 3 is 2.54 bits per heavy atom. The molecule has 3 rings (SSSR count). The standard InChI is InChI=1S/C21H23BrN2/c1-14-10-17(22)7-8-19(14)23-13-16-6-9-20-18(11-16)15(2)12-21(3,4)24(20)5/h6-13H,1-5H3. The number of benzene rings is 2. The van der Waals surface area contributed by atoms with Crippen molar-refractivity contribution in [3.05, 3.63) is 63.6 Å². The summed E-state index contributed by atoms with van der Waals surface area (Å²) in [7, 11) is 2.15. The van der Waals surface area contributed by atoms with E-state index in [9.17, 15) is 0 Å². The van der Waals surface area contributed by atoms with Gasteiger partial charge in [0.25, 0.3) is 0 Å². The summed E-state index contributed by atoms with van der Waals surface area (Å²) in [5, 5.41) is 0. The fourth-order valence-corrected chi connectivity index (χ4v) is 3.64. The molecule has 1 aliphatic rings. The topological polar surface area (TPSA) is 15.6 Å². The van der Waals surface area contributed by atoms with Gasteiger partial charge in [-0.3, -0.25) is 4.99 Å². The molecule has 2 aromatic rings. The van der Waals surface area contributed by atoms with Gasteiger partial charge in [-0.05, 0) is 74.7 Å². The second kappa shape index (κ2) is 6.21. The number of nitrogens with zero attached hydrogens (tertiary/aromatic N) is 2. The van der Waals surface area contributed by atoms with Crippen LogP contribution in [0.25, 0.3) is 5.57 Å². The largest absolute Gasteiger partial charge is 0.366 e. The number of aliphatic imine (C=N–C) groups is 1. The van der Waals surface area contributed by atoms with E-state index in [2.05, 4.69) is 90.9 Å². The van der Waals surface area contributed by atoms with Crippen molar-refractivity contribution in [2.45, 2.75) is 33.2 Å². The average molecular weight is 383 g/mol. The Balaban J connectivity index is 1.95. The van der Waals surface area contributed by atoms with Crippen molar-refractivity contribution < 1.29 is 0 Å². The molecule has 1 heterocycles. The number of hydrogen-bond acceptors (Lipinski definition) is 2. The van der Waals surface area contributed by atoms with Gasteiger partial charge in [-0.15, -0.1) is 0 Å². The summed E-state index contributed by atoms with van der Waals surface area (Å²) in [6.45, 7) is 8.75. The molecule has 1 aliphatic heterocycles. The Morgan fingerprint density at radius 1 is 1.08 bits per heavy atom. The zero-order valence-corrected chi connectivity index (χ0v) is 16.5. The first kappa shape index (κ1) is 17.0. The highest BCUT2D eigenvalue weighted by atomic mass is 79.9. The van der Waals surface area contributed by atoms with Gasteiger partial charge < -0.3 is 4.90 Å². The molecule has 2 aromatic carbocycles. The number of halogens is 1. The van der Waals surface area contributed by atoms with Crippen LogP contribution < -0.4 is 4.90 Å². The van der Waals surface area contributed by atoms with Crippen LogP contribution in [-0.4, -0.2) is 18.8 Å². The van der Waals surface area contributed by atoms with Gasteiger partial charge in [0.2, 0.25) is 0 Å². The summed E-state index contributed by atoms with van der Waals surface area (Å²) in [5.74, 6) is 0. The van der Waals surface area contributed by atoms with Gasteiger partial charge in [0.15, 0.2) is 0 Å². The van der Waals surface area contributed by atoms with E-state index in [1.807, 2.05) is 18.3 Å². The summed E-state index contributed by atoms with van der Waals surface area (Å²) in [6.07, 6.45) is 4.28. The van der Waals surface area contributed by atoms with E-state index in [0.717, 1.165) is 21.3 Å². The molecule has 0 spiro atoms. The first-order valence-electron chi connectivity index (χ1n) is 8.16. The molecule has 2 nitrogen and oxygen atoms in total. The minimum Gasteiger partial charge on any atom is -0.366 e. The quantitative estimate of drug-likeness (QED) is 0.569. The van der Waals surface area contributed by atoms with Crippen LogP contribution in [0.5, 0.6) is 0 Å². The number of fused-ring (bicyclic) bond motifs is 1. The van der Waals surface area contributed by atoms with Crippen LogP contribution in [0.3, 0.4) is 0 Å². The van der Waals surface area contributed by atoms with Gasteiger partial charge >= 0.3 is 0 Å². The van der Waals surface area contributed by atoms with Gasteiger partial charge in [0, 0.05) is 29.0 Å². The third-order valence-corrected chi connectivity index (χ3v) is 5.25. The predicted molar refractivity (Wildman–Crippen MR) is 109 cm³/mol. The van der Waals surface area contributed by atoms with Crippen LogP contribution in [0, 0.1) is 6.92 Å². The van der Waals surface area contributed by atoms with Crippen molar-refractivity contribution in [3.8, 4) is 0 Å². The minimum atomic E-state index is 0.0429. The van der Waals surface area contributed by atoms with Crippen LogP contribution >= 0.6 is 15.9 Å². The Morgan fingerprint density at radius 2 is 1.83 bits per heavy atom. The van der Waals surface area contributed by atoms with Crippen molar-refractivity contribution in [3.63, 3.8) is 0 Å². The second-order valence-corrected chi connectivity index (χ2v) is 7.92. The lowest BCUT2D eigenvalue weighted by atomic mass is 9.89. The zero-order valence-electron chi connectivity index (χ0n) is 14.9. The third kappa shape index (κ3) is 3.18. The Hall–Kier alpha value is -1.87. The van der Waals surface area contributed by atoms with E-state index < -0.39 is 0 Å². The average Bonchev–Trinajstić information content (AvgIpc) is 2.51. The zero-order chi connectivity index (χ0) is 17.5. The van der Waals surface area contributed by atoms with Gasteiger partial charge in [-0.1, -0.05) is 28.1 Å². The first-order chi connectivity index (χ1) is 11.3. The highest BCUT2D eigenvalue weighted by Crippen LogP contribution is 2.38. The van der Waals surface area contributed by atoms with Crippen molar-refractivity contribution >= 4 is 39.1 Å². The lowest BCUT2D eigenvalue weighted by Gasteiger charge is -2.40. The molecule has 0 aromatic heterocycles. The molecule has 0 fully saturated rings.